The van der Waals surface area contributed by atoms with E-state index >= 15 is 0 Å². The third-order valence-electron chi connectivity index (χ3n) is 2.28. The maximum Gasteiger partial charge on any atom is 0.334 e. The normalized spacial score (nSPS) is 18.2. The molecular weight excluding hydrogens is 232 g/mol. The molecule has 1 aliphatic rings. The molecule has 1 rings (SSSR count). The largest absolute Gasteiger partial charge is 0.459 e. The number of alkyl halides is 1. The van der Waals surface area contributed by atoms with Crippen LogP contribution >= 0.6 is 15.9 Å². The van der Waals surface area contributed by atoms with Crippen LogP contribution in [-0.2, 0) is 9.53 Å². The first-order valence-electron chi connectivity index (χ1n) is 4.68. The van der Waals surface area contributed by atoms with Gasteiger partial charge < -0.3 is 4.74 Å². The first kappa shape index (κ1) is 10.8. The van der Waals surface area contributed by atoms with Gasteiger partial charge in [-0.25, -0.2) is 4.79 Å². The van der Waals surface area contributed by atoms with E-state index in [1.807, 2.05) is 0 Å². The van der Waals surface area contributed by atoms with Crippen LogP contribution in [0.4, 0.5) is 0 Å². The molecule has 0 aromatic carbocycles. The zero-order valence-corrected chi connectivity index (χ0v) is 9.31. The van der Waals surface area contributed by atoms with E-state index in [9.17, 15) is 4.79 Å². The molecule has 1 saturated carbocycles. The molecule has 1 aliphatic carbocycles. The van der Waals surface area contributed by atoms with Crippen molar-refractivity contribution in [3.8, 4) is 0 Å². The summed E-state index contributed by atoms with van der Waals surface area (Å²) in [4.78, 5) is 11.3. The van der Waals surface area contributed by atoms with Crippen LogP contribution < -0.4 is 0 Å². The van der Waals surface area contributed by atoms with Crippen LogP contribution in [0.2, 0.25) is 0 Å². The van der Waals surface area contributed by atoms with Crippen LogP contribution in [0, 0.1) is 0 Å². The number of carbonyl (C=O) groups is 1. The van der Waals surface area contributed by atoms with Gasteiger partial charge in [0.25, 0.3) is 0 Å². The maximum absolute atomic E-state index is 11.3. The lowest BCUT2D eigenvalue weighted by atomic mass is 9.98. The Morgan fingerprint density at radius 2 is 2.00 bits per heavy atom. The summed E-state index contributed by atoms with van der Waals surface area (Å²) in [6, 6.07) is 0. The standard InChI is InChI=1S/C10H15BrO2/c1-8(7-11)10(12)13-9-5-3-2-4-6-9/h9H,1-7H2. The van der Waals surface area contributed by atoms with Crippen molar-refractivity contribution in [1.82, 2.24) is 0 Å². The van der Waals surface area contributed by atoms with Crippen molar-refractivity contribution in [1.29, 1.82) is 0 Å². The van der Waals surface area contributed by atoms with E-state index in [4.69, 9.17) is 4.74 Å². The Labute approximate surface area is 87.5 Å². The summed E-state index contributed by atoms with van der Waals surface area (Å²) < 4.78 is 5.28. The second-order valence-electron chi connectivity index (χ2n) is 3.40. The molecular formula is C10H15BrO2. The van der Waals surface area contributed by atoms with E-state index in [-0.39, 0.29) is 12.1 Å². The van der Waals surface area contributed by atoms with Crippen molar-refractivity contribution in [2.45, 2.75) is 38.2 Å². The summed E-state index contributed by atoms with van der Waals surface area (Å²) in [6.45, 7) is 3.62. The SMILES string of the molecule is C=C(CBr)C(=O)OC1CCCCC1. The summed E-state index contributed by atoms with van der Waals surface area (Å²) in [5.74, 6) is -0.247. The quantitative estimate of drug-likeness (QED) is 0.435. The smallest absolute Gasteiger partial charge is 0.334 e. The lowest BCUT2D eigenvalue weighted by molar-refractivity contribution is -0.145. The number of ether oxygens (including phenoxy) is 1. The highest BCUT2D eigenvalue weighted by molar-refractivity contribution is 9.09. The Bertz CT molecular complexity index is 195. The van der Waals surface area contributed by atoms with Gasteiger partial charge in [-0.15, -0.1) is 0 Å². The summed E-state index contributed by atoms with van der Waals surface area (Å²) in [5.41, 5.74) is 0.505. The van der Waals surface area contributed by atoms with Gasteiger partial charge in [-0.05, 0) is 25.7 Å². The minimum Gasteiger partial charge on any atom is -0.459 e. The molecule has 0 aliphatic heterocycles. The molecule has 0 aromatic heterocycles. The van der Waals surface area contributed by atoms with E-state index < -0.39 is 0 Å². The zero-order valence-electron chi connectivity index (χ0n) is 7.72. The molecule has 0 aromatic rings. The van der Waals surface area contributed by atoms with Crippen molar-refractivity contribution in [3.63, 3.8) is 0 Å². The van der Waals surface area contributed by atoms with Crippen molar-refractivity contribution >= 4 is 21.9 Å². The highest BCUT2D eigenvalue weighted by atomic mass is 79.9. The average molecular weight is 247 g/mol. The molecule has 0 bridgehead atoms. The van der Waals surface area contributed by atoms with Crippen LogP contribution in [0.15, 0.2) is 12.2 Å². The number of halogens is 1. The van der Waals surface area contributed by atoms with Gasteiger partial charge in [0.05, 0.1) is 0 Å². The van der Waals surface area contributed by atoms with Crippen LogP contribution in [-0.4, -0.2) is 17.4 Å². The monoisotopic (exact) mass is 246 g/mol. The predicted octanol–water partition coefficient (Wildman–Crippen LogP) is 2.81. The predicted molar refractivity (Wildman–Crippen MR) is 55.9 cm³/mol. The van der Waals surface area contributed by atoms with E-state index in [0.29, 0.717) is 10.9 Å². The van der Waals surface area contributed by atoms with E-state index in [1.54, 1.807) is 0 Å². The van der Waals surface area contributed by atoms with E-state index in [1.165, 1.54) is 19.3 Å². The first-order chi connectivity index (χ1) is 6.24. The van der Waals surface area contributed by atoms with Crippen LogP contribution in [0.25, 0.3) is 0 Å². The second kappa shape index (κ2) is 5.43. The topological polar surface area (TPSA) is 26.3 Å². The molecule has 0 saturated heterocycles. The summed E-state index contributed by atoms with van der Waals surface area (Å²) >= 11 is 3.18. The Morgan fingerprint density at radius 3 is 2.54 bits per heavy atom. The Hall–Kier alpha value is -0.310. The van der Waals surface area contributed by atoms with Gasteiger partial charge in [-0.2, -0.15) is 0 Å². The van der Waals surface area contributed by atoms with Gasteiger partial charge in [0, 0.05) is 10.9 Å². The van der Waals surface area contributed by atoms with Gasteiger partial charge in [0.2, 0.25) is 0 Å². The van der Waals surface area contributed by atoms with E-state index in [0.717, 1.165) is 12.8 Å². The molecule has 2 nitrogen and oxygen atoms in total. The van der Waals surface area contributed by atoms with Crippen molar-refractivity contribution in [2.24, 2.45) is 0 Å². The average Bonchev–Trinajstić information content (AvgIpc) is 2.18. The van der Waals surface area contributed by atoms with Gasteiger partial charge in [-0.3, -0.25) is 0 Å². The molecule has 0 atom stereocenters. The highest BCUT2D eigenvalue weighted by Crippen LogP contribution is 2.21. The van der Waals surface area contributed by atoms with Gasteiger partial charge in [0.1, 0.15) is 6.10 Å². The van der Waals surface area contributed by atoms with Crippen LogP contribution in [0.3, 0.4) is 0 Å². The lowest BCUT2D eigenvalue weighted by Crippen LogP contribution is -2.21. The molecule has 3 heteroatoms. The lowest BCUT2D eigenvalue weighted by Gasteiger charge is -2.21. The minimum absolute atomic E-state index is 0.136. The maximum atomic E-state index is 11.3. The van der Waals surface area contributed by atoms with Crippen LogP contribution in [0.1, 0.15) is 32.1 Å². The molecule has 0 amide bonds. The fourth-order valence-electron chi connectivity index (χ4n) is 1.47. The third kappa shape index (κ3) is 3.51. The van der Waals surface area contributed by atoms with Gasteiger partial charge >= 0.3 is 5.97 Å². The molecule has 0 unspecified atom stereocenters. The second-order valence-corrected chi connectivity index (χ2v) is 3.96. The van der Waals surface area contributed by atoms with Crippen molar-refractivity contribution < 1.29 is 9.53 Å². The molecule has 74 valence electrons. The molecule has 13 heavy (non-hydrogen) atoms. The Balaban J connectivity index is 2.30. The molecule has 0 radical (unpaired) electrons. The highest BCUT2D eigenvalue weighted by Gasteiger charge is 2.18. The summed E-state index contributed by atoms with van der Waals surface area (Å²) in [7, 11) is 0. The zero-order chi connectivity index (χ0) is 9.68. The summed E-state index contributed by atoms with van der Waals surface area (Å²) in [5, 5.41) is 0.499. The Morgan fingerprint density at radius 1 is 1.38 bits per heavy atom. The fourth-order valence-corrected chi connectivity index (χ4v) is 1.70. The van der Waals surface area contributed by atoms with Crippen molar-refractivity contribution in [2.75, 3.05) is 5.33 Å². The van der Waals surface area contributed by atoms with Gasteiger partial charge in [-0.1, -0.05) is 28.9 Å². The molecule has 0 N–H and O–H groups in total. The minimum atomic E-state index is -0.247. The molecule has 1 fully saturated rings. The van der Waals surface area contributed by atoms with E-state index in [2.05, 4.69) is 22.5 Å². The number of carbonyl (C=O) groups excluding carboxylic acids is 1. The Kier molecular flexibility index (Phi) is 4.50. The summed E-state index contributed by atoms with van der Waals surface area (Å²) in [6.07, 6.45) is 5.80. The van der Waals surface area contributed by atoms with Crippen molar-refractivity contribution in [3.05, 3.63) is 12.2 Å². The first-order valence-corrected chi connectivity index (χ1v) is 5.81. The number of esters is 1. The number of rotatable bonds is 3. The number of hydrogen-bond acceptors (Lipinski definition) is 2. The van der Waals surface area contributed by atoms with Crippen LogP contribution in [0.5, 0.6) is 0 Å². The molecule has 0 heterocycles. The fraction of sp³-hybridized carbons (Fsp3) is 0.700. The third-order valence-corrected chi connectivity index (χ3v) is 2.95. The number of hydrogen-bond donors (Lipinski definition) is 0. The van der Waals surface area contributed by atoms with Gasteiger partial charge in [0.15, 0.2) is 0 Å². The molecule has 0 spiro atoms.